The van der Waals surface area contributed by atoms with E-state index in [2.05, 4.69) is 36.1 Å². The molecule has 0 aliphatic carbocycles. The molecule has 2 heterocycles. The van der Waals surface area contributed by atoms with Crippen molar-refractivity contribution in [2.75, 3.05) is 19.6 Å². The number of hydrogen-bond acceptors (Lipinski definition) is 3. The molecule has 4 nitrogen and oxygen atoms in total. The third kappa shape index (κ3) is 2.87. The molecular formula is C13H23ClN4. The Hall–Kier alpha value is -0.580. The van der Waals surface area contributed by atoms with Crippen molar-refractivity contribution in [3.8, 4) is 0 Å². The van der Waals surface area contributed by atoms with E-state index in [4.69, 9.17) is 11.6 Å². The van der Waals surface area contributed by atoms with E-state index in [0.717, 1.165) is 49.1 Å². The van der Waals surface area contributed by atoms with Crippen LogP contribution in [0.1, 0.15) is 32.2 Å². The molecule has 0 aromatic carbocycles. The van der Waals surface area contributed by atoms with Crippen LogP contribution >= 0.6 is 11.6 Å². The van der Waals surface area contributed by atoms with E-state index in [9.17, 15) is 0 Å². The first-order valence-corrected chi connectivity index (χ1v) is 7.00. The molecule has 0 bridgehead atoms. The maximum absolute atomic E-state index is 6.36. The Balaban J connectivity index is 2.14. The SMILES string of the molecule is CCn1nc(C)c(Cl)c1CN1CCNC(C)(C)C1. The van der Waals surface area contributed by atoms with E-state index in [1.54, 1.807) is 0 Å². The van der Waals surface area contributed by atoms with Gasteiger partial charge in [-0.05, 0) is 27.7 Å². The Morgan fingerprint density at radius 2 is 2.17 bits per heavy atom. The van der Waals surface area contributed by atoms with Crippen LogP contribution in [0.15, 0.2) is 0 Å². The van der Waals surface area contributed by atoms with Crippen molar-refractivity contribution in [3.63, 3.8) is 0 Å². The summed E-state index contributed by atoms with van der Waals surface area (Å²) >= 11 is 6.36. The van der Waals surface area contributed by atoms with E-state index in [-0.39, 0.29) is 5.54 Å². The number of piperazine rings is 1. The molecule has 0 saturated carbocycles. The molecule has 0 radical (unpaired) electrons. The average molecular weight is 271 g/mol. The van der Waals surface area contributed by atoms with E-state index < -0.39 is 0 Å². The number of halogens is 1. The molecular weight excluding hydrogens is 248 g/mol. The number of aryl methyl sites for hydroxylation is 2. The molecule has 5 heteroatoms. The average Bonchev–Trinajstić information content (AvgIpc) is 2.55. The highest BCUT2D eigenvalue weighted by Crippen LogP contribution is 2.23. The quantitative estimate of drug-likeness (QED) is 0.913. The van der Waals surface area contributed by atoms with Crippen molar-refractivity contribution in [1.82, 2.24) is 20.0 Å². The van der Waals surface area contributed by atoms with Crippen LogP contribution < -0.4 is 5.32 Å². The molecule has 1 N–H and O–H groups in total. The van der Waals surface area contributed by atoms with E-state index in [1.165, 1.54) is 0 Å². The van der Waals surface area contributed by atoms with Crippen molar-refractivity contribution < 1.29 is 0 Å². The van der Waals surface area contributed by atoms with Crippen LogP contribution in [-0.2, 0) is 13.1 Å². The lowest BCUT2D eigenvalue weighted by Crippen LogP contribution is -2.56. The van der Waals surface area contributed by atoms with Crippen molar-refractivity contribution >= 4 is 11.6 Å². The van der Waals surface area contributed by atoms with Gasteiger partial charge in [0, 0.05) is 38.3 Å². The zero-order valence-electron chi connectivity index (χ0n) is 11.8. The lowest BCUT2D eigenvalue weighted by molar-refractivity contribution is 0.145. The molecule has 18 heavy (non-hydrogen) atoms. The summed E-state index contributed by atoms with van der Waals surface area (Å²) in [6.45, 7) is 13.5. The fourth-order valence-corrected chi connectivity index (χ4v) is 2.81. The fourth-order valence-electron chi connectivity index (χ4n) is 2.61. The van der Waals surface area contributed by atoms with E-state index in [0.29, 0.717) is 0 Å². The standard InChI is InChI=1S/C13H23ClN4/c1-5-18-11(12(14)10(2)16-18)8-17-7-6-15-13(3,4)9-17/h15H,5-9H2,1-4H3. The molecule has 2 rings (SSSR count). The molecule has 1 fully saturated rings. The van der Waals surface area contributed by atoms with Crippen molar-refractivity contribution in [2.45, 2.75) is 46.3 Å². The topological polar surface area (TPSA) is 33.1 Å². The van der Waals surface area contributed by atoms with Gasteiger partial charge in [0.05, 0.1) is 16.4 Å². The van der Waals surface area contributed by atoms with Gasteiger partial charge in [-0.1, -0.05) is 11.6 Å². The first-order valence-electron chi connectivity index (χ1n) is 6.62. The maximum Gasteiger partial charge on any atom is 0.0860 e. The molecule has 1 aliphatic heterocycles. The maximum atomic E-state index is 6.36. The van der Waals surface area contributed by atoms with Crippen molar-refractivity contribution in [1.29, 1.82) is 0 Å². The zero-order valence-corrected chi connectivity index (χ0v) is 12.5. The summed E-state index contributed by atoms with van der Waals surface area (Å²) in [6, 6.07) is 0. The Morgan fingerprint density at radius 1 is 1.44 bits per heavy atom. The smallest absolute Gasteiger partial charge is 0.0860 e. The largest absolute Gasteiger partial charge is 0.309 e. The summed E-state index contributed by atoms with van der Waals surface area (Å²) in [4.78, 5) is 2.45. The zero-order chi connectivity index (χ0) is 13.3. The predicted molar refractivity (Wildman–Crippen MR) is 75.0 cm³/mol. The normalized spacial score (nSPS) is 20.3. The monoisotopic (exact) mass is 270 g/mol. The third-order valence-electron chi connectivity index (χ3n) is 3.48. The highest BCUT2D eigenvalue weighted by atomic mass is 35.5. The summed E-state index contributed by atoms with van der Waals surface area (Å²) < 4.78 is 2.02. The predicted octanol–water partition coefficient (Wildman–Crippen LogP) is 2.05. The highest BCUT2D eigenvalue weighted by molar-refractivity contribution is 6.31. The Bertz CT molecular complexity index is 425. The minimum atomic E-state index is 0.177. The minimum absolute atomic E-state index is 0.177. The number of rotatable bonds is 3. The molecule has 0 spiro atoms. The van der Waals surface area contributed by atoms with Crippen LogP contribution in [0.4, 0.5) is 0 Å². The van der Waals surface area contributed by atoms with Gasteiger partial charge in [-0.2, -0.15) is 5.10 Å². The lowest BCUT2D eigenvalue weighted by atomic mass is 10.0. The van der Waals surface area contributed by atoms with Crippen molar-refractivity contribution in [2.24, 2.45) is 0 Å². The van der Waals surface area contributed by atoms with Crippen LogP contribution in [0.5, 0.6) is 0 Å². The van der Waals surface area contributed by atoms with Crippen LogP contribution in [0.2, 0.25) is 5.02 Å². The third-order valence-corrected chi connectivity index (χ3v) is 3.97. The molecule has 102 valence electrons. The highest BCUT2D eigenvalue weighted by Gasteiger charge is 2.27. The second-order valence-electron chi connectivity index (χ2n) is 5.68. The van der Waals surface area contributed by atoms with Gasteiger partial charge in [0.15, 0.2) is 0 Å². The number of hydrogen-bond donors (Lipinski definition) is 1. The minimum Gasteiger partial charge on any atom is -0.309 e. The second-order valence-corrected chi connectivity index (χ2v) is 6.06. The summed E-state index contributed by atoms with van der Waals surface area (Å²) in [5.41, 5.74) is 2.26. The Labute approximate surface area is 114 Å². The Morgan fingerprint density at radius 3 is 2.78 bits per heavy atom. The first-order chi connectivity index (χ1) is 8.43. The van der Waals surface area contributed by atoms with Crippen molar-refractivity contribution in [3.05, 3.63) is 16.4 Å². The molecule has 0 unspecified atom stereocenters. The van der Waals surface area contributed by atoms with Crippen LogP contribution in [0.25, 0.3) is 0 Å². The van der Waals surface area contributed by atoms with Crippen LogP contribution in [-0.4, -0.2) is 39.9 Å². The van der Waals surface area contributed by atoms with Gasteiger partial charge >= 0.3 is 0 Å². The van der Waals surface area contributed by atoms with Gasteiger partial charge < -0.3 is 5.32 Å². The lowest BCUT2D eigenvalue weighted by Gasteiger charge is -2.39. The summed E-state index contributed by atoms with van der Waals surface area (Å²) in [6.07, 6.45) is 0. The molecule has 0 atom stereocenters. The summed E-state index contributed by atoms with van der Waals surface area (Å²) in [5, 5.41) is 8.83. The fraction of sp³-hybridized carbons (Fsp3) is 0.769. The second kappa shape index (κ2) is 5.19. The van der Waals surface area contributed by atoms with Gasteiger partial charge in [0.25, 0.3) is 0 Å². The van der Waals surface area contributed by atoms with Gasteiger partial charge in [-0.15, -0.1) is 0 Å². The molecule has 1 saturated heterocycles. The molecule has 1 aromatic heterocycles. The molecule has 1 aromatic rings. The van der Waals surface area contributed by atoms with E-state index in [1.807, 2.05) is 11.6 Å². The number of nitrogens with one attached hydrogen (secondary N) is 1. The van der Waals surface area contributed by atoms with Gasteiger partial charge in [0.1, 0.15) is 0 Å². The van der Waals surface area contributed by atoms with Crippen LogP contribution in [0, 0.1) is 6.92 Å². The summed E-state index contributed by atoms with van der Waals surface area (Å²) in [7, 11) is 0. The Kier molecular flexibility index (Phi) is 3.99. The molecule has 0 amide bonds. The van der Waals surface area contributed by atoms with Gasteiger partial charge in [-0.3, -0.25) is 9.58 Å². The van der Waals surface area contributed by atoms with Gasteiger partial charge in [-0.25, -0.2) is 0 Å². The summed E-state index contributed by atoms with van der Waals surface area (Å²) in [5.74, 6) is 0. The number of aromatic nitrogens is 2. The number of nitrogens with zero attached hydrogens (tertiary/aromatic N) is 3. The first kappa shape index (κ1) is 13.8. The molecule has 1 aliphatic rings. The van der Waals surface area contributed by atoms with E-state index >= 15 is 0 Å². The van der Waals surface area contributed by atoms with Crippen LogP contribution in [0.3, 0.4) is 0 Å². The van der Waals surface area contributed by atoms with Gasteiger partial charge in [0.2, 0.25) is 0 Å².